The van der Waals surface area contributed by atoms with Crippen molar-refractivity contribution in [1.82, 2.24) is 19.2 Å². The zero-order chi connectivity index (χ0) is 17.4. The third kappa shape index (κ3) is 3.03. The van der Waals surface area contributed by atoms with Crippen LogP contribution in [0.3, 0.4) is 0 Å². The Morgan fingerprint density at radius 2 is 1.88 bits per heavy atom. The quantitative estimate of drug-likeness (QED) is 0.724. The van der Waals surface area contributed by atoms with Crippen LogP contribution in [0.2, 0.25) is 0 Å². The number of pyridine rings is 1. The Kier molecular flexibility index (Phi) is 4.01. The van der Waals surface area contributed by atoms with Crippen LogP contribution in [-0.4, -0.2) is 51.8 Å². The van der Waals surface area contributed by atoms with Crippen LogP contribution in [0.4, 0.5) is 0 Å². The maximum atomic E-state index is 13.0. The maximum absolute atomic E-state index is 13.0. The summed E-state index contributed by atoms with van der Waals surface area (Å²) in [7, 11) is 2.12. The largest absolute Gasteiger partial charge is 0.334 e. The van der Waals surface area contributed by atoms with Crippen LogP contribution in [0.25, 0.3) is 5.65 Å². The average molecular weight is 334 g/mol. The molecule has 5 nitrogen and oxygen atoms in total. The lowest BCUT2D eigenvalue weighted by atomic mass is 10.0. The van der Waals surface area contributed by atoms with Crippen molar-refractivity contribution in [2.24, 2.45) is 0 Å². The molecule has 4 rings (SSSR count). The Bertz CT molecular complexity index is 902. The molecule has 3 heterocycles. The number of imidazole rings is 1. The summed E-state index contributed by atoms with van der Waals surface area (Å²) in [4.78, 5) is 21.7. The van der Waals surface area contributed by atoms with Gasteiger partial charge in [0, 0.05) is 32.0 Å². The smallest absolute Gasteiger partial charge is 0.274 e. The molecule has 0 spiro atoms. The lowest BCUT2D eigenvalue weighted by molar-refractivity contribution is 0.0541. The van der Waals surface area contributed by atoms with Gasteiger partial charge in [0.2, 0.25) is 0 Å². The molecule has 0 aliphatic carbocycles. The summed E-state index contributed by atoms with van der Waals surface area (Å²) in [6, 6.07) is 14.6. The van der Waals surface area contributed by atoms with E-state index in [1.54, 1.807) is 0 Å². The van der Waals surface area contributed by atoms with E-state index in [2.05, 4.69) is 29.1 Å². The van der Waals surface area contributed by atoms with E-state index >= 15 is 0 Å². The number of aromatic nitrogens is 2. The van der Waals surface area contributed by atoms with E-state index in [-0.39, 0.29) is 11.9 Å². The number of carbonyl (C=O) groups is 1. The second-order valence-corrected chi connectivity index (χ2v) is 6.76. The van der Waals surface area contributed by atoms with Gasteiger partial charge in [-0.1, -0.05) is 36.4 Å². The third-order valence-corrected chi connectivity index (χ3v) is 4.94. The highest BCUT2D eigenvalue weighted by Gasteiger charge is 2.29. The molecule has 1 fully saturated rings. The number of carbonyl (C=O) groups excluding carboxylic acids is 1. The first kappa shape index (κ1) is 15.8. The minimum atomic E-state index is 0.00961. The van der Waals surface area contributed by atoms with Gasteiger partial charge in [0.05, 0.1) is 6.04 Å². The Morgan fingerprint density at radius 3 is 2.68 bits per heavy atom. The van der Waals surface area contributed by atoms with Crippen molar-refractivity contribution in [2.45, 2.75) is 13.0 Å². The zero-order valence-electron chi connectivity index (χ0n) is 14.6. The van der Waals surface area contributed by atoms with E-state index in [4.69, 9.17) is 0 Å². The van der Waals surface area contributed by atoms with Gasteiger partial charge in [-0.2, -0.15) is 0 Å². The molecular weight excluding hydrogens is 312 g/mol. The Labute approximate surface area is 147 Å². The summed E-state index contributed by atoms with van der Waals surface area (Å²) >= 11 is 0. The maximum Gasteiger partial charge on any atom is 0.274 e. The van der Waals surface area contributed by atoms with Crippen molar-refractivity contribution in [3.05, 3.63) is 71.7 Å². The fourth-order valence-corrected chi connectivity index (χ4v) is 3.46. The van der Waals surface area contributed by atoms with Crippen LogP contribution in [0, 0.1) is 6.92 Å². The molecule has 0 bridgehead atoms. The summed E-state index contributed by atoms with van der Waals surface area (Å²) in [5.41, 5.74) is 3.71. The fourth-order valence-electron chi connectivity index (χ4n) is 3.46. The molecule has 1 aliphatic heterocycles. The molecule has 128 valence electrons. The first-order valence-corrected chi connectivity index (χ1v) is 8.61. The lowest BCUT2D eigenvalue weighted by Gasteiger charge is -2.39. The van der Waals surface area contributed by atoms with Gasteiger partial charge >= 0.3 is 0 Å². The molecule has 25 heavy (non-hydrogen) atoms. The van der Waals surface area contributed by atoms with E-state index in [1.807, 2.05) is 58.9 Å². The van der Waals surface area contributed by atoms with Gasteiger partial charge in [-0.15, -0.1) is 0 Å². The highest BCUT2D eigenvalue weighted by Crippen LogP contribution is 2.24. The van der Waals surface area contributed by atoms with E-state index in [9.17, 15) is 4.79 Å². The van der Waals surface area contributed by atoms with Gasteiger partial charge in [0.15, 0.2) is 0 Å². The van der Waals surface area contributed by atoms with Crippen molar-refractivity contribution < 1.29 is 4.79 Å². The van der Waals surface area contributed by atoms with Gasteiger partial charge in [-0.3, -0.25) is 9.69 Å². The zero-order valence-corrected chi connectivity index (χ0v) is 14.6. The predicted molar refractivity (Wildman–Crippen MR) is 97.6 cm³/mol. The molecule has 1 saturated heterocycles. The number of nitrogens with zero attached hydrogens (tertiary/aromatic N) is 4. The number of aryl methyl sites for hydroxylation is 1. The predicted octanol–water partition coefficient (Wildman–Crippen LogP) is 2.77. The first-order valence-electron chi connectivity index (χ1n) is 8.61. The van der Waals surface area contributed by atoms with Gasteiger partial charge in [0.1, 0.15) is 11.3 Å². The molecule has 1 amide bonds. The number of piperazine rings is 1. The van der Waals surface area contributed by atoms with Gasteiger partial charge in [-0.05, 0) is 31.2 Å². The van der Waals surface area contributed by atoms with Crippen molar-refractivity contribution in [3.63, 3.8) is 0 Å². The molecule has 3 aromatic rings. The number of fused-ring (bicyclic) bond motifs is 1. The summed E-state index contributed by atoms with van der Waals surface area (Å²) in [6.07, 6.45) is 3.83. The number of hydrogen-bond acceptors (Lipinski definition) is 3. The first-order chi connectivity index (χ1) is 12.1. The number of benzene rings is 1. The summed E-state index contributed by atoms with van der Waals surface area (Å²) < 4.78 is 1.92. The van der Waals surface area contributed by atoms with Crippen LogP contribution in [0.1, 0.15) is 27.7 Å². The molecule has 1 aliphatic rings. The van der Waals surface area contributed by atoms with Gasteiger partial charge in [-0.25, -0.2) is 4.98 Å². The topological polar surface area (TPSA) is 40.9 Å². The van der Waals surface area contributed by atoms with Gasteiger partial charge < -0.3 is 9.30 Å². The lowest BCUT2D eigenvalue weighted by Crippen LogP contribution is -2.49. The minimum absolute atomic E-state index is 0.00961. The molecule has 2 aromatic heterocycles. The van der Waals surface area contributed by atoms with E-state index in [0.717, 1.165) is 24.3 Å². The third-order valence-electron chi connectivity index (χ3n) is 4.94. The highest BCUT2D eigenvalue weighted by molar-refractivity contribution is 5.93. The SMILES string of the molecule is Cc1ccc2nc(C(=O)N3CCN(C)C(c4ccccc4)C3)cn2c1. The molecule has 0 radical (unpaired) electrons. The monoisotopic (exact) mass is 334 g/mol. The number of amides is 1. The second-order valence-electron chi connectivity index (χ2n) is 6.76. The van der Waals surface area contributed by atoms with Crippen LogP contribution < -0.4 is 0 Å². The number of likely N-dealkylation sites (N-methyl/N-ethyl adjacent to an activating group) is 1. The molecule has 1 atom stereocenters. The normalized spacial score (nSPS) is 18.6. The van der Waals surface area contributed by atoms with Crippen LogP contribution in [0.15, 0.2) is 54.9 Å². The fraction of sp³-hybridized carbons (Fsp3) is 0.300. The molecule has 0 N–H and O–H groups in total. The average Bonchev–Trinajstić information content (AvgIpc) is 3.05. The van der Waals surface area contributed by atoms with E-state index < -0.39 is 0 Å². The number of hydrogen-bond donors (Lipinski definition) is 0. The minimum Gasteiger partial charge on any atom is -0.334 e. The highest BCUT2D eigenvalue weighted by atomic mass is 16.2. The second kappa shape index (κ2) is 6.33. The molecule has 0 saturated carbocycles. The van der Waals surface area contributed by atoms with Crippen LogP contribution in [-0.2, 0) is 0 Å². The van der Waals surface area contributed by atoms with Crippen molar-refractivity contribution in [1.29, 1.82) is 0 Å². The Hall–Kier alpha value is -2.66. The summed E-state index contributed by atoms with van der Waals surface area (Å²) in [6.45, 7) is 4.31. The standard InChI is InChI=1S/C20H22N4O/c1-15-8-9-19-21-17(13-24(19)12-15)20(25)23-11-10-22(2)18(14-23)16-6-4-3-5-7-16/h3-9,12-13,18H,10-11,14H2,1-2H3. The van der Waals surface area contributed by atoms with E-state index in [0.29, 0.717) is 12.2 Å². The van der Waals surface area contributed by atoms with E-state index in [1.165, 1.54) is 5.56 Å². The molecule has 5 heteroatoms. The molecular formula is C20H22N4O. The Morgan fingerprint density at radius 1 is 1.08 bits per heavy atom. The van der Waals surface area contributed by atoms with Crippen molar-refractivity contribution in [3.8, 4) is 0 Å². The van der Waals surface area contributed by atoms with Gasteiger partial charge in [0.25, 0.3) is 5.91 Å². The Balaban J connectivity index is 1.58. The molecule has 1 unspecified atom stereocenters. The van der Waals surface area contributed by atoms with Crippen molar-refractivity contribution in [2.75, 3.05) is 26.7 Å². The van der Waals surface area contributed by atoms with Crippen LogP contribution >= 0.6 is 0 Å². The van der Waals surface area contributed by atoms with Crippen molar-refractivity contribution >= 4 is 11.6 Å². The van der Waals surface area contributed by atoms with Crippen LogP contribution in [0.5, 0.6) is 0 Å². The molecule has 1 aromatic carbocycles. The number of rotatable bonds is 2. The summed E-state index contributed by atoms with van der Waals surface area (Å²) in [5, 5.41) is 0. The summed E-state index contributed by atoms with van der Waals surface area (Å²) in [5.74, 6) is 0.00961.